The van der Waals surface area contributed by atoms with Gasteiger partial charge in [-0.3, -0.25) is 4.79 Å². The fraction of sp³-hybridized carbons (Fsp3) is 0.870. The van der Waals surface area contributed by atoms with Crippen molar-refractivity contribution in [1.29, 1.82) is 0 Å². The molecule has 0 N–H and O–H groups in total. The third-order valence-electron chi connectivity index (χ3n) is 7.53. The summed E-state index contributed by atoms with van der Waals surface area (Å²) in [6, 6.07) is 0.503. The molecule has 0 radical (unpaired) electrons. The molecule has 2 bridgehead atoms. The SMILES string of the molecule is CC1(C)C[C@@H]2C[C@](C)(CN2C(=O)C2CCN(C[C@@H]3CC=CCC3)CC2)C1. The van der Waals surface area contributed by atoms with Crippen molar-refractivity contribution in [3.05, 3.63) is 12.2 Å². The van der Waals surface area contributed by atoms with Crippen LogP contribution in [-0.4, -0.2) is 47.9 Å². The number of fused-ring (bicyclic) bond motifs is 2. The molecule has 1 saturated carbocycles. The van der Waals surface area contributed by atoms with Gasteiger partial charge in [0, 0.05) is 25.0 Å². The second kappa shape index (κ2) is 6.96. The Balaban J connectivity index is 1.31. The highest BCUT2D eigenvalue weighted by Gasteiger charge is 2.51. The van der Waals surface area contributed by atoms with Crippen molar-refractivity contribution in [1.82, 2.24) is 9.80 Å². The van der Waals surface area contributed by atoms with Crippen LogP contribution in [0.1, 0.15) is 72.1 Å². The van der Waals surface area contributed by atoms with Crippen LogP contribution in [0.25, 0.3) is 0 Å². The summed E-state index contributed by atoms with van der Waals surface area (Å²) < 4.78 is 0. The van der Waals surface area contributed by atoms with Gasteiger partial charge in [-0.05, 0) is 81.2 Å². The minimum Gasteiger partial charge on any atom is -0.339 e. The molecule has 26 heavy (non-hydrogen) atoms. The van der Waals surface area contributed by atoms with E-state index in [1.807, 2.05) is 0 Å². The highest BCUT2D eigenvalue weighted by molar-refractivity contribution is 5.79. The lowest BCUT2D eigenvalue weighted by Gasteiger charge is -2.40. The molecule has 3 heteroatoms. The van der Waals surface area contributed by atoms with E-state index >= 15 is 0 Å². The van der Waals surface area contributed by atoms with Crippen LogP contribution >= 0.6 is 0 Å². The number of allylic oxidation sites excluding steroid dienone is 2. The Labute approximate surface area is 160 Å². The molecule has 4 rings (SSSR count). The Morgan fingerprint density at radius 1 is 1.08 bits per heavy atom. The second-order valence-electron chi connectivity index (χ2n) is 10.9. The number of hydrogen-bond donors (Lipinski definition) is 0. The van der Waals surface area contributed by atoms with Gasteiger partial charge < -0.3 is 9.80 Å². The maximum atomic E-state index is 13.3. The summed E-state index contributed by atoms with van der Waals surface area (Å²) in [7, 11) is 0. The largest absolute Gasteiger partial charge is 0.339 e. The van der Waals surface area contributed by atoms with Gasteiger partial charge in [-0.2, -0.15) is 0 Å². The molecule has 2 aliphatic carbocycles. The van der Waals surface area contributed by atoms with Crippen molar-refractivity contribution < 1.29 is 4.79 Å². The summed E-state index contributed by atoms with van der Waals surface area (Å²) in [5.74, 6) is 1.60. The zero-order valence-electron chi connectivity index (χ0n) is 17.2. The number of carbonyl (C=O) groups is 1. The number of piperidine rings is 1. The van der Waals surface area contributed by atoms with E-state index in [2.05, 4.69) is 42.7 Å². The summed E-state index contributed by atoms with van der Waals surface area (Å²) in [6.07, 6.45) is 14.4. The number of hydrogen-bond acceptors (Lipinski definition) is 2. The van der Waals surface area contributed by atoms with Gasteiger partial charge in [0.2, 0.25) is 5.91 Å². The van der Waals surface area contributed by atoms with Gasteiger partial charge in [-0.1, -0.05) is 32.9 Å². The minimum absolute atomic E-state index is 0.281. The Morgan fingerprint density at radius 3 is 2.54 bits per heavy atom. The van der Waals surface area contributed by atoms with Crippen LogP contribution in [0.5, 0.6) is 0 Å². The molecule has 0 aromatic rings. The molecular weight excluding hydrogens is 320 g/mol. The molecule has 2 heterocycles. The van der Waals surface area contributed by atoms with Crippen LogP contribution in [0.15, 0.2) is 12.2 Å². The monoisotopic (exact) mass is 358 g/mol. The fourth-order valence-electron chi connectivity index (χ4n) is 6.70. The minimum atomic E-state index is 0.281. The van der Waals surface area contributed by atoms with Crippen LogP contribution in [-0.2, 0) is 4.79 Å². The van der Waals surface area contributed by atoms with Crippen molar-refractivity contribution in [3.63, 3.8) is 0 Å². The van der Waals surface area contributed by atoms with E-state index < -0.39 is 0 Å². The van der Waals surface area contributed by atoms with Crippen LogP contribution in [0.3, 0.4) is 0 Å². The van der Waals surface area contributed by atoms with E-state index in [1.54, 1.807) is 0 Å². The highest BCUT2D eigenvalue weighted by Crippen LogP contribution is 2.52. The molecule has 0 spiro atoms. The maximum Gasteiger partial charge on any atom is 0.226 e. The number of carbonyl (C=O) groups excluding carboxylic acids is 1. The van der Waals surface area contributed by atoms with Gasteiger partial charge in [-0.15, -0.1) is 0 Å². The molecule has 2 saturated heterocycles. The van der Waals surface area contributed by atoms with Gasteiger partial charge >= 0.3 is 0 Å². The van der Waals surface area contributed by atoms with E-state index in [0.717, 1.165) is 38.4 Å². The zero-order valence-corrected chi connectivity index (χ0v) is 17.2. The molecule has 3 nitrogen and oxygen atoms in total. The zero-order chi connectivity index (χ0) is 18.4. The van der Waals surface area contributed by atoms with E-state index in [4.69, 9.17) is 0 Å². The summed E-state index contributed by atoms with van der Waals surface area (Å²) in [6.45, 7) is 11.7. The van der Waals surface area contributed by atoms with Crippen LogP contribution in [0, 0.1) is 22.7 Å². The molecule has 0 aromatic carbocycles. The van der Waals surface area contributed by atoms with Crippen molar-refractivity contribution in [3.8, 4) is 0 Å². The quantitative estimate of drug-likeness (QED) is 0.694. The first-order valence-electron chi connectivity index (χ1n) is 11.0. The topological polar surface area (TPSA) is 23.6 Å². The Kier molecular flexibility index (Phi) is 4.96. The first-order valence-corrected chi connectivity index (χ1v) is 11.0. The second-order valence-corrected chi connectivity index (χ2v) is 10.9. The van der Waals surface area contributed by atoms with E-state index in [-0.39, 0.29) is 5.92 Å². The summed E-state index contributed by atoms with van der Waals surface area (Å²) in [4.78, 5) is 18.2. The molecule has 2 aliphatic heterocycles. The Morgan fingerprint density at radius 2 is 1.85 bits per heavy atom. The third-order valence-corrected chi connectivity index (χ3v) is 7.53. The van der Waals surface area contributed by atoms with Gasteiger partial charge in [0.1, 0.15) is 0 Å². The molecule has 146 valence electrons. The van der Waals surface area contributed by atoms with Crippen molar-refractivity contribution in [2.24, 2.45) is 22.7 Å². The smallest absolute Gasteiger partial charge is 0.226 e. The van der Waals surface area contributed by atoms with E-state index in [0.29, 0.717) is 22.8 Å². The molecule has 3 atom stereocenters. The number of nitrogens with zero attached hydrogens (tertiary/aromatic N) is 2. The molecule has 1 amide bonds. The molecule has 4 aliphatic rings. The lowest BCUT2D eigenvalue weighted by molar-refractivity contribution is -0.138. The standard InChI is InChI=1S/C23H38N2O/c1-22(2)13-20-14-23(3,16-22)17-25(20)21(26)19-9-11-24(12-10-19)15-18-7-5-4-6-8-18/h4-5,18-20H,6-17H2,1-3H3/t18-,20-,23+/m1/s1. The number of likely N-dealkylation sites (tertiary alicyclic amines) is 2. The molecule has 0 aromatic heterocycles. The lowest BCUT2D eigenvalue weighted by atomic mass is 9.65. The average Bonchev–Trinajstić information content (AvgIpc) is 2.85. The summed E-state index contributed by atoms with van der Waals surface area (Å²) in [5, 5.41) is 0. The average molecular weight is 359 g/mol. The first-order chi connectivity index (χ1) is 12.3. The normalized spacial score (nSPS) is 37.9. The van der Waals surface area contributed by atoms with Gasteiger partial charge in [0.05, 0.1) is 0 Å². The van der Waals surface area contributed by atoms with Crippen LogP contribution in [0.2, 0.25) is 0 Å². The number of amides is 1. The van der Waals surface area contributed by atoms with Crippen molar-refractivity contribution in [2.45, 2.75) is 78.2 Å². The van der Waals surface area contributed by atoms with E-state index in [1.165, 1.54) is 45.1 Å². The Hall–Kier alpha value is -0.830. The van der Waals surface area contributed by atoms with Gasteiger partial charge in [0.15, 0.2) is 0 Å². The van der Waals surface area contributed by atoms with Crippen molar-refractivity contribution in [2.75, 3.05) is 26.2 Å². The predicted molar refractivity (Wildman–Crippen MR) is 107 cm³/mol. The van der Waals surface area contributed by atoms with Gasteiger partial charge in [-0.25, -0.2) is 0 Å². The van der Waals surface area contributed by atoms with Crippen LogP contribution < -0.4 is 0 Å². The van der Waals surface area contributed by atoms with Gasteiger partial charge in [0.25, 0.3) is 0 Å². The summed E-state index contributed by atoms with van der Waals surface area (Å²) in [5.41, 5.74) is 0.752. The Bertz CT molecular complexity index is 561. The van der Waals surface area contributed by atoms with Crippen LogP contribution in [0.4, 0.5) is 0 Å². The third kappa shape index (κ3) is 3.88. The predicted octanol–water partition coefficient (Wildman–Crippen LogP) is 4.48. The molecular formula is C23H38N2O. The number of rotatable bonds is 3. The highest BCUT2D eigenvalue weighted by atomic mass is 16.2. The lowest BCUT2D eigenvalue weighted by Crippen LogP contribution is -2.45. The summed E-state index contributed by atoms with van der Waals surface area (Å²) >= 11 is 0. The van der Waals surface area contributed by atoms with Crippen molar-refractivity contribution >= 4 is 5.91 Å². The van der Waals surface area contributed by atoms with E-state index in [9.17, 15) is 4.79 Å². The maximum absolute atomic E-state index is 13.3. The first kappa shape index (κ1) is 18.5. The molecule has 3 fully saturated rings. The molecule has 0 unspecified atom stereocenters. The fourth-order valence-corrected chi connectivity index (χ4v) is 6.70.